The van der Waals surface area contributed by atoms with Gasteiger partial charge < -0.3 is 20.2 Å². The van der Waals surface area contributed by atoms with E-state index < -0.39 is 11.3 Å². The van der Waals surface area contributed by atoms with Crippen LogP contribution in [0, 0.1) is 5.41 Å². The number of amides is 2. The summed E-state index contributed by atoms with van der Waals surface area (Å²) in [5, 5.41) is 15.2. The van der Waals surface area contributed by atoms with Crippen LogP contribution in [0.5, 0.6) is 5.75 Å². The first kappa shape index (κ1) is 15.6. The van der Waals surface area contributed by atoms with Gasteiger partial charge in [0.15, 0.2) is 5.76 Å². The zero-order valence-corrected chi connectivity index (χ0v) is 12.6. The molecule has 0 unspecified atom stereocenters. The monoisotopic (exact) mass is 302 g/mol. The highest BCUT2D eigenvalue weighted by Crippen LogP contribution is 2.28. The number of furan rings is 1. The van der Waals surface area contributed by atoms with E-state index in [1.54, 1.807) is 32.9 Å². The Kier molecular flexibility index (Phi) is 4.21. The average Bonchev–Trinajstić information content (AvgIpc) is 2.94. The van der Waals surface area contributed by atoms with Crippen molar-refractivity contribution in [3.63, 3.8) is 0 Å². The predicted octanol–water partition coefficient (Wildman–Crippen LogP) is 3.22. The Labute approximate surface area is 128 Å². The van der Waals surface area contributed by atoms with Gasteiger partial charge in [0.1, 0.15) is 5.75 Å². The molecule has 0 fully saturated rings. The van der Waals surface area contributed by atoms with Crippen LogP contribution >= 0.6 is 0 Å². The van der Waals surface area contributed by atoms with Crippen molar-refractivity contribution >= 4 is 23.2 Å². The van der Waals surface area contributed by atoms with Crippen LogP contribution in [0.15, 0.2) is 41.0 Å². The Balaban J connectivity index is 2.10. The smallest absolute Gasteiger partial charge is 0.291 e. The van der Waals surface area contributed by atoms with E-state index in [0.29, 0.717) is 5.69 Å². The van der Waals surface area contributed by atoms with Gasteiger partial charge in [0.05, 0.1) is 12.0 Å². The summed E-state index contributed by atoms with van der Waals surface area (Å²) in [6, 6.07) is 7.61. The molecule has 0 aliphatic rings. The SMILES string of the molecule is CC(C)(C)C(=O)Nc1ccc(NC(=O)c2ccco2)cc1O. The molecule has 1 aromatic carbocycles. The lowest BCUT2D eigenvalue weighted by atomic mass is 9.95. The van der Waals surface area contributed by atoms with Gasteiger partial charge in [-0.2, -0.15) is 0 Å². The lowest BCUT2D eigenvalue weighted by Gasteiger charge is -2.18. The van der Waals surface area contributed by atoms with Gasteiger partial charge in [-0.15, -0.1) is 0 Å². The number of hydrogen-bond acceptors (Lipinski definition) is 4. The van der Waals surface area contributed by atoms with E-state index in [-0.39, 0.29) is 23.1 Å². The van der Waals surface area contributed by atoms with Crippen LogP contribution in [0.3, 0.4) is 0 Å². The molecule has 3 N–H and O–H groups in total. The Morgan fingerprint density at radius 2 is 1.86 bits per heavy atom. The van der Waals surface area contributed by atoms with Crippen LogP contribution in [0.1, 0.15) is 31.3 Å². The fourth-order valence-corrected chi connectivity index (χ4v) is 1.63. The zero-order valence-electron chi connectivity index (χ0n) is 12.6. The molecule has 2 rings (SSSR count). The molecule has 0 saturated heterocycles. The van der Waals surface area contributed by atoms with Crippen LogP contribution in [-0.4, -0.2) is 16.9 Å². The predicted molar refractivity (Wildman–Crippen MR) is 82.9 cm³/mol. The first-order valence-corrected chi connectivity index (χ1v) is 6.77. The summed E-state index contributed by atoms with van der Waals surface area (Å²) in [6.07, 6.45) is 1.40. The van der Waals surface area contributed by atoms with Crippen LogP contribution in [-0.2, 0) is 4.79 Å². The average molecular weight is 302 g/mol. The maximum absolute atomic E-state index is 11.9. The Bertz CT molecular complexity index is 685. The normalized spacial score (nSPS) is 11.0. The van der Waals surface area contributed by atoms with Gasteiger partial charge in [-0.1, -0.05) is 20.8 Å². The maximum atomic E-state index is 11.9. The molecule has 0 aliphatic heterocycles. The number of phenolic OH excluding ortho intramolecular Hbond substituents is 1. The lowest BCUT2D eigenvalue weighted by Crippen LogP contribution is -2.27. The molecule has 0 bridgehead atoms. The van der Waals surface area contributed by atoms with Gasteiger partial charge >= 0.3 is 0 Å². The molecule has 0 spiro atoms. The standard InChI is InChI=1S/C16H18N2O4/c1-16(2,3)15(21)18-11-7-6-10(9-12(11)19)17-14(20)13-5-4-8-22-13/h4-9,19H,1-3H3,(H,17,20)(H,18,21). The van der Waals surface area contributed by atoms with Crippen molar-refractivity contribution in [2.75, 3.05) is 10.6 Å². The second-order valence-electron chi connectivity index (χ2n) is 5.87. The molecule has 0 atom stereocenters. The van der Waals surface area contributed by atoms with E-state index in [2.05, 4.69) is 10.6 Å². The van der Waals surface area contributed by atoms with Crippen molar-refractivity contribution in [2.45, 2.75) is 20.8 Å². The number of carbonyl (C=O) groups is 2. The largest absolute Gasteiger partial charge is 0.506 e. The number of phenols is 1. The van der Waals surface area contributed by atoms with E-state index in [4.69, 9.17) is 4.42 Å². The van der Waals surface area contributed by atoms with Gasteiger partial charge in [0, 0.05) is 17.2 Å². The first-order chi connectivity index (χ1) is 10.3. The Morgan fingerprint density at radius 3 is 2.41 bits per heavy atom. The summed E-state index contributed by atoms with van der Waals surface area (Å²) in [5.74, 6) is -0.592. The second kappa shape index (κ2) is 5.93. The number of hydrogen-bond donors (Lipinski definition) is 3. The van der Waals surface area contributed by atoms with Crippen molar-refractivity contribution in [1.29, 1.82) is 0 Å². The molecule has 22 heavy (non-hydrogen) atoms. The van der Waals surface area contributed by atoms with E-state index in [0.717, 1.165) is 0 Å². The van der Waals surface area contributed by atoms with Crippen LogP contribution in [0.2, 0.25) is 0 Å². The number of anilines is 2. The minimum atomic E-state index is -0.571. The molecule has 0 aliphatic carbocycles. The molecular weight excluding hydrogens is 284 g/mol. The quantitative estimate of drug-likeness (QED) is 0.759. The number of nitrogens with one attached hydrogen (secondary N) is 2. The van der Waals surface area contributed by atoms with E-state index in [1.165, 1.54) is 24.5 Å². The molecule has 6 heteroatoms. The third-order valence-electron chi connectivity index (χ3n) is 2.93. The van der Waals surface area contributed by atoms with Crippen LogP contribution in [0.25, 0.3) is 0 Å². The number of aromatic hydroxyl groups is 1. The fourth-order valence-electron chi connectivity index (χ4n) is 1.63. The van der Waals surface area contributed by atoms with Crippen molar-refractivity contribution in [3.8, 4) is 5.75 Å². The Hall–Kier alpha value is -2.76. The van der Waals surface area contributed by atoms with Gasteiger partial charge in [0.25, 0.3) is 5.91 Å². The molecule has 2 aromatic rings. The molecule has 116 valence electrons. The summed E-state index contributed by atoms with van der Waals surface area (Å²) < 4.78 is 4.98. The number of rotatable bonds is 3. The van der Waals surface area contributed by atoms with E-state index in [1.807, 2.05) is 0 Å². The third-order valence-corrected chi connectivity index (χ3v) is 2.93. The number of benzene rings is 1. The van der Waals surface area contributed by atoms with Crippen molar-refractivity contribution in [3.05, 3.63) is 42.4 Å². The molecule has 0 radical (unpaired) electrons. The molecule has 1 aromatic heterocycles. The highest BCUT2D eigenvalue weighted by molar-refractivity contribution is 6.02. The number of carbonyl (C=O) groups excluding carboxylic acids is 2. The fraction of sp³-hybridized carbons (Fsp3) is 0.250. The maximum Gasteiger partial charge on any atom is 0.291 e. The van der Waals surface area contributed by atoms with Gasteiger partial charge in [-0.3, -0.25) is 9.59 Å². The topological polar surface area (TPSA) is 91.6 Å². The summed E-state index contributed by atoms with van der Waals surface area (Å²) in [7, 11) is 0. The molecular formula is C16H18N2O4. The summed E-state index contributed by atoms with van der Waals surface area (Å²) in [5.41, 5.74) is 0.113. The Morgan fingerprint density at radius 1 is 1.14 bits per heavy atom. The van der Waals surface area contributed by atoms with Gasteiger partial charge in [-0.25, -0.2) is 0 Å². The first-order valence-electron chi connectivity index (χ1n) is 6.77. The molecule has 1 heterocycles. The molecule has 0 saturated carbocycles. The highest BCUT2D eigenvalue weighted by Gasteiger charge is 2.22. The van der Waals surface area contributed by atoms with Crippen molar-refractivity contribution < 1.29 is 19.1 Å². The third kappa shape index (κ3) is 3.66. The van der Waals surface area contributed by atoms with E-state index >= 15 is 0 Å². The molecule has 2 amide bonds. The zero-order chi connectivity index (χ0) is 16.3. The minimum Gasteiger partial charge on any atom is -0.506 e. The van der Waals surface area contributed by atoms with Crippen molar-refractivity contribution in [2.24, 2.45) is 5.41 Å². The van der Waals surface area contributed by atoms with Crippen molar-refractivity contribution in [1.82, 2.24) is 0 Å². The minimum absolute atomic E-state index is 0.130. The lowest BCUT2D eigenvalue weighted by molar-refractivity contribution is -0.123. The van der Waals surface area contributed by atoms with E-state index in [9.17, 15) is 14.7 Å². The summed E-state index contributed by atoms with van der Waals surface area (Å²) >= 11 is 0. The van der Waals surface area contributed by atoms with Gasteiger partial charge in [-0.05, 0) is 24.3 Å². The summed E-state index contributed by atoms with van der Waals surface area (Å²) in [4.78, 5) is 23.7. The highest BCUT2D eigenvalue weighted by atomic mass is 16.3. The van der Waals surface area contributed by atoms with Crippen LogP contribution < -0.4 is 10.6 Å². The molecule has 6 nitrogen and oxygen atoms in total. The summed E-state index contributed by atoms with van der Waals surface area (Å²) in [6.45, 7) is 5.33. The van der Waals surface area contributed by atoms with Gasteiger partial charge in [0.2, 0.25) is 5.91 Å². The second-order valence-corrected chi connectivity index (χ2v) is 5.87. The van der Waals surface area contributed by atoms with Crippen LogP contribution in [0.4, 0.5) is 11.4 Å².